The van der Waals surface area contributed by atoms with Crippen LogP contribution in [0.25, 0.3) is 0 Å². The van der Waals surface area contributed by atoms with Crippen LogP contribution in [0.3, 0.4) is 0 Å². The van der Waals surface area contributed by atoms with E-state index in [0.29, 0.717) is 6.54 Å². The number of carboxylic acid groups (broad SMARTS) is 1. The number of carboxylic acids is 1. The van der Waals surface area contributed by atoms with E-state index in [2.05, 4.69) is 57.5 Å². The molecule has 20 heavy (non-hydrogen) atoms. The molecule has 0 spiro atoms. The van der Waals surface area contributed by atoms with Gasteiger partial charge in [-0.1, -0.05) is 37.9 Å². The molecule has 0 unspecified atom stereocenters. The third-order valence-corrected chi connectivity index (χ3v) is 5.13. The topological polar surface area (TPSA) is 40.5 Å². The molecule has 0 bridgehead atoms. The first-order valence-electron chi connectivity index (χ1n) is 6.63. The fraction of sp³-hybridized carbons (Fsp3) is 0.533. The molecule has 2 atom stereocenters. The minimum atomic E-state index is -0.712. The molecule has 0 amide bonds. The predicted octanol–water partition coefficient (Wildman–Crippen LogP) is 4.11. The van der Waals surface area contributed by atoms with Crippen LogP contribution in [0.15, 0.2) is 27.1 Å². The first-order chi connectivity index (χ1) is 9.20. The second-order valence-electron chi connectivity index (χ2n) is 6.29. The highest BCUT2D eigenvalue weighted by Crippen LogP contribution is 2.39. The van der Waals surface area contributed by atoms with Crippen LogP contribution in [-0.2, 0) is 4.79 Å². The van der Waals surface area contributed by atoms with Crippen LogP contribution < -0.4 is 0 Å². The second kappa shape index (κ2) is 5.78. The zero-order valence-electron chi connectivity index (χ0n) is 11.9. The van der Waals surface area contributed by atoms with Crippen molar-refractivity contribution in [3.05, 3.63) is 32.7 Å². The highest BCUT2D eigenvalue weighted by atomic mass is 79.9. The Morgan fingerprint density at radius 2 is 1.95 bits per heavy atom. The van der Waals surface area contributed by atoms with Gasteiger partial charge in [0.15, 0.2) is 0 Å². The molecule has 0 radical (unpaired) electrons. The quantitative estimate of drug-likeness (QED) is 0.806. The molecule has 1 heterocycles. The minimum absolute atomic E-state index is 0.00963. The maximum Gasteiger partial charge on any atom is 0.308 e. The SMILES string of the molecule is CC(C)(C)N1C[C@@H](C(=O)O)[C@H](c2ccc(Br)cc2Br)C1. The third kappa shape index (κ3) is 3.26. The van der Waals surface area contributed by atoms with Gasteiger partial charge in [-0.2, -0.15) is 0 Å². The van der Waals surface area contributed by atoms with E-state index in [1.165, 1.54) is 0 Å². The van der Waals surface area contributed by atoms with Crippen LogP contribution >= 0.6 is 31.9 Å². The number of nitrogens with zero attached hydrogens (tertiary/aromatic N) is 1. The molecule has 0 aliphatic carbocycles. The number of likely N-dealkylation sites (tertiary alicyclic amines) is 1. The summed E-state index contributed by atoms with van der Waals surface area (Å²) in [6.45, 7) is 7.77. The number of halogens is 2. The van der Waals surface area contributed by atoms with Gasteiger partial charge in [0.25, 0.3) is 0 Å². The van der Waals surface area contributed by atoms with Gasteiger partial charge in [0, 0.05) is 33.5 Å². The molecule has 5 heteroatoms. The number of rotatable bonds is 2. The van der Waals surface area contributed by atoms with E-state index in [-0.39, 0.29) is 17.4 Å². The second-order valence-corrected chi connectivity index (χ2v) is 8.06. The third-order valence-electron chi connectivity index (χ3n) is 3.95. The summed E-state index contributed by atoms with van der Waals surface area (Å²) in [7, 11) is 0. The molecule has 1 aliphatic rings. The average molecular weight is 405 g/mol. The summed E-state index contributed by atoms with van der Waals surface area (Å²) in [4.78, 5) is 13.8. The molecule has 1 saturated heterocycles. The van der Waals surface area contributed by atoms with Crippen molar-refractivity contribution >= 4 is 37.8 Å². The molecular weight excluding hydrogens is 386 g/mol. The van der Waals surface area contributed by atoms with E-state index in [1.807, 2.05) is 18.2 Å². The maximum atomic E-state index is 11.6. The molecule has 110 valence electrons. The minimum Gasteiger partial charge on any atom is -0.481 e. The van der Waals surface area contributed by atoms with Gasteiger partial charge in [-0.15, -0.1) is 0 Å². The zero-order chi connectivity index (χ0) is 15.1. The Morgan fingerprint density at radius 3 is 2.45 bits per heavy atom. The van der Waals surface area contributed by atoms with Gasteiger partial charge in [0.1, 0.15) is 0 Å². The van der Waals surface area contributed by atoms with Crippen molar-refractivity contribution in [1.82, 2.24) is 4.90 Å². The molecule has 1 aromatic carbocycles. The summed E-state index contributed by atoms with van der Waals surface area (Å²) in [5, 5.41) is 9.52. The molecule has 1 fully saturated rings. The lowest BCUT2D eigenvalue weighted by molar-refractivity contribution is -0.141. The van der Waals surface area contributed by atoms with Crippen molar-refractivity contribution in [1.29, 1.82) is 0 Å². The summed E-state index contributed by atoms with van der Waals surface area (Å²) < 4.78 is 1.96. The van der Waals surface area contributed by atoms with Gasteiger partial charge >= 0.3 is 5.97 Å². The van der Waals surface area contributed by atoms with Gasteiger partial charge < -0.3 is 5.11 Å². The molecule has 0 aromatic heterocycles. The van der Waals surface area contributed by atoms with Crippen molar-refractivity contribution in [3.8, 4) is 0 Å². The zero-order valence-corrected chi connectivity index (χ0v) is 15.0. The lowest BCUT2D eigenvalue weighted by atomic mass is 9.89. The van der Waals surface area contributed by atoms with Crippen LogP contribution in [0.2, 0.25) is 0 Å². The summed E-state index contributed by atoms with van der Waals surface area (Å²) in [5.74, 6) is -1.04. The summed E-state index contributed by atoms with van der Waals surface area (Å²) in [6, 6.07) is 5.97. The highest BCUT2D eigenvalue weighted by Gasteiger charge is 2.42. The van der Waals surface area contributed by atoms with Gasteiger partial charge in [-0.25, -0.2) is 0 Å². The van der Waals surface area contributed by atoms with Gasteiger partial charge in [-0.05, 0) is 38.5 Å². The molecule has 0 saturated carbocycles. The normalized spacial score (nSPS) is 24.1. The number of benzene rings is 1. The molecule has 1 N–H and O–H groups in total. The molecule has 1 aromatic rings. The van der Waals surface area contributed by atoms with E-state index < -0.39 is 5.97 Å². The van der Waals surface area contributed by atoms with Crippen LogP contribution in [0.5, 0.6) is 0 Å². The lowest BCUT2D eigenvalue weighted by Gasteiger charge is -2.31. The Labute approximate surface area is 136 Å². The van der Waals surface area contributed by atoms with Crippen LogP contribution in [0.1, 0.15) is 32.3 Å². The molecule has 3 nitrogen and oxygen atoms in total. The van der Waals surface area contributed by atoms with Gasteiger partial charge in [0.05, 0.1) is 5.92 Å². The Bertz CT molecular complexity index is 525. The van der Waals surface area contributed by atoms with Crippen LogP contribution in [0.4, 0.5) is 0 Å². The molecule has 1 aliphatic heterocycles. The molecule has 2 rings (SSSR count). The number of aliphatic carboxylic acids is 1. The fourth-order valence-corrected chi connectivity index (χ4v) is 4.06. The molecular formula is C15H19Br2NO2. The van der Waals surface area contributed by atoms with Crippen molar-refractivity contribution in [3.63, 3.8) is 0 Å². The van der Waals surface area contributed by atoms with Crippen molar-refractivity contribution in [2.75, 3.05) is 13.1 Å². The van der Waals surface area contributed by atoms with E-state index in [4.69, 9.17) is 0 Å². The summed E-state index contributed by atoms with van der Waals surface area (Å²) >= 11 is 7.00. The van der Waals surface area contributed by atoms with Crippen LogP contribution in [-0.4, -0.2) is 34.6 Å². The van der Waals surface area contributed by atoms with Crippen molar-refractivity contribution in [2.45, 2.75) is 32.2 Å². The van der Waals surface area contributed by atoms with E-state index >= 15 is 0 Å². The van der Waals surface area contributed by atoms with E-state index in [9.17, 15) is 9.90 Å². The highest BCUT2D eigenvalue weighted by molar-refractivity contribution is 9.11. The summed E-state index contributed by atoms with van der Waals surface area (Å²) in [6.07, 6.45) is 0. The monoisotopic (exact) mass is 403 g/mol. The van der Waals surface area contributed by atoms with Crippen LogP contribution in [0, 0.1) is 5.92 Å². The Kier molecular flexibility index (Phi) is 4.62. The van der Waals surface area contributed by atoms with Gasteiger partial charge in [0.2, 0.25) is 0 Å². The van der Waals surface area contributed by atoms with Crippen molar-refractivity contribution < 1.29 is 9.90 Å². The maximum absolute atomic E-state index is 11.6. The fourth-order valence-electron chi connectivity index (χ4n) is 2.72. The summed E-state index contributed by atoms with van der Waals surface area (Å²) in [5.41, 5.74) is 1.07. The first kappa shape index (κ1) is 16.0. The first-order valence-corrected chi connectivity index (χ1v) is 8.21. The number of hydrogen-bond donors (Lipinski definition) is 1. The Hall–Kier alpha value is -0.390. The standard InChI is InChI=1S/C15H19Br2NO2/c1-15(2,3)18-7-11(12(8-18)14(19)20)10-5-4-9(16)6-13(10)17/h4-6,11-12H,7-8H2,1-3H3,(H,19,20)/t11-,12+/m0/s1. The predicted molar refractivity (Wildman–Crippen MR) is 87.0 cm³/mol. The number of carbonyl (C=O) groups is 1. The number of hydrogen-bond acceptors (Lipinski definition) is 2. The van der Waals surface area contributed by atoms with Crippen molar-refractivity contribution in [2.24, 2.45) is 5.92 Å². The Morgan fingerprint density at radius 1 is 1.30 bits per heavy atom. The van der Waals surface area contributed by atoms with Gasteiger partial charge in [-0.3, -0.25) is 9.69 Å². The Balaban J connectivity index is 2.35. The average Bonchev–Trinajstić information content (AvgIpc) is 2.73. The smallest absolute Gasteiger partial charge is 0.308 e. The largest absolute Gasteiger partial charge is 0.481 e. The lowest BCUT2D eigenvalue weighted by Crippen LogP contribution is -2.40. The van der Waals surface area contributed by atoms with E-state index in [0.717, 1.165) is 21.1 Å². The van der Waals surface area contributed by atoms with E-state index in [1.54, 1.807) is 0 Å².